The summed E-state index contributed by atoms with van der Waals surface area (Å²) < 4.78 is 7.42. The molecule has 0 aliphatic heterocycles. The molecule has 0 spiro atoms. The van der Waals surface area contributed by atoms with Crippen molar-refractivity contribution in [2.75, 3.05) is 18.5 Å². The molecule has 0 radical (unpaired) electrons. The molecule has 6 nitrogen and oxygen atoms in total. The van der Waals surface area contributed by atoms with Crippen molar-refractivity contribution in [1.29, 1.82) is 0 Å². The Kier molecular flexibility index (Phi) is 4.14. The van der Waals surface area contributed by atoms with Crippen LogP contribution in [0.4, 0.5) is 5.95 Å². The molecule has 7 heteroatoms. The second kappa shape index (κ2) is 5.81. The van der Waals surface area contributed by atoms with Gasteiger partial charge in [-0.15, -0.1) is 5.10 Å². The monoisotopic (exact) mass is 312 g/mol. The van der Waals surface area contributed by atoms with Gasteiger partial charge in [-0.3, -0.25) is 4.79 Å². The minimum atomic E-state index is -0.225. The quantitative estimate of drug-likeness (QED) is 0.853. The molecule has 0 aliphatic carbocycles. The number of fused-ring (bicyclic) bond motifs is 1. The highest BCUT2D eigenvalue weighted by atomic mass is 79.9. The molecule has 0 saturated carbocycles. The smallest absolute Gasteiger partial charge is 0.307 e. The van der Waals surface area contributed by atoms with Crippen molar-refractivity contribution in [1.82, 2.24) is 14.6 Å². The van der Waals surface area contributed by atoms with Crippen LogP contribution in [0.3, 0.4) is 0 Å². The Bertz CT molecular complexity index is 555. The summed E-state index contributed by atoms with van der Waals surface area (Å²) in [6, 6.07) is 3.75. The zero-order valence-electron chi connectivity index (χ0n) is 9.89. The van der Waals surface area contributed by atoms with Crippen LogP contribution in [0.1, 0.15) is 13.3 Å². The Morgan fingerprint density at radius 1 is 1.56 bits per heavy atom. The molecular weight excluding hydrogens is 300 g/mol. The van der Waals surface area contributed by atoms with Crippen LogP contribution in [-0.2, 0) is 9.53 Å². The van der Waals surface area contributed by atoms with Crippen molar-refractivity contribution in [3.05, 3.63) is 22.8 Å². The summed E-state index contributed by atoms with van der Waals surface area (Å²) in [5.74, 6) is 0.272. The molecule has 2 rings (SSSR count). The van der Waals surface area contributed by atoms with Crippen LogP contribution in [0.15, 0.2) is 22.8 Å². The molecule has 0 aromatic carbocycles. The third-order valence-electron chi connectivity index (χ3n) is 2.21. The van der Waals surface area contributed by atoms with E-state index < -0.39 is 0 Å². The van der Waals surface area contributed by atoms with Gasteiger partial charge in [0.15, 0.2) is 5.65 Å². The number of pyridine rings is 1. The van der Waals surface area contributed by atoms with E-state index in [2.05, 4.69) is 31.3 Å². The molecule has 0 unspecified atom stereocenters. The number of nitrogens with zero attached hydrogens (tertiary/aromatic N) is 3. The molecule has 2 aromatic heterocycles. The van der Waals surface area contributed by atoms with Crippen LogP contribution < -0.4 is 5.32 Å². The van der Waals surface area contributed by atoms with E-state index >= 15 is 0 Å². The summed E-state index contributed by atoms with van der Waals surface area (Å²) in [6.45, 7) is 2.64. The van der Waals surface area contributed by atoms with Crippen LogP contribution in [0.2, 0.25) is 0 Å². The van der Waals surface area contributed by atoms with E-state index in [1.54, 1.807) is 11.4 Å². The van der Waals surface area contributed by atoms with E-state index in [9.17, 15) is 4.79 Å². The van der Waals surface area contributed by atoms with Crippen molar-refractivity contribution in [3.63, 3.8) is 0 Å². The SMILES string of the molecule is CCOC(=O)CCNc1nc2ccc(Br)cn2n1. The minimum absolute atomic E-state index is 0.225. The second-order valence-corrected chi connectivity index (χ2v) is 4.48. The van der Waals surface area contributed by atoms with E-state index in [0.29, 0.717) is 25.5 Å². The molecule has 0 aliphatic rings. The lowest BCUT2D eigenvalue weighted by molar-refractivity contribution is -0.142. The summed E-state index contributed by atoms with van der Waals surface area (Å²) >= 11 is 3.36. The van der Waals surface area contributed by atoms with Gasteiger partial charge in [-0.2, -0.15) is 4.98 Å². The van der Waals surface area contributed by atoms with Gasteiger partial charge in [-0.1, -0.05) is 0 Å². The fourth-order valence-electron chi connectivity index (χ4n) is 1.44. The van der Waals surface area contributed by atoms with E-state index in [0.717, 1.165) is 10.1 Å². The van der Waals surface area contributed by atoms with Gasteiger partial charge in [0, 0.05) is 17.2 Å². The summed E-state index contributed by atoms with van der Waals surface area (Å²) in [5, 5.41) is 7.21. The fourth-order valence-corrected chi connectivity index (χ4v) is 1.77. The normalized spacial score (nSPS) is 10.6. The van der Waals surface area contributed by atoms with Crippen molar-refractivity contribution in [2.45, 2.75) is 13.3 Å². The summed E-state index contributed by atoms with van der Waals surface area (Å²) in [4.78, 5) is 15.4. The van der Waals surface area contributed by atoms with Crippen LogP contribution in [0, 0.1) is 0 Å². The maximum Gasteiger partial charge on any atom is 0.307 e. The Morgan fingerprint density at radius 3 is 3.17 bits per heavy atom. The van der Waals surface area contributed by atoms with Crippen LogP contribution in [-0.4, -0.2) is 33.7 Å². The first-order valence-corrected chi connectivity index (χ1v) is 6.40. The number of anilines is 1. The lowest BCUT2D eigenvalue weighted by Crippen LogP contribution is -2.11. The van der Waals surface area contributed by atoms with Crippen LogP contribution in [0.5, 0.6) is 0 Å². The number of ether oxygens (including phenoxy) is 1. The maximum atomic E-state index is 11.1. The lowest BCUT2D eigenvalue weighted by Gasteiger charge is -2.01. The molecule has 0 saturated heterocycles. The highest BCUT2D eigenvalue weighted by Gasteiger charge is 2.05. The molecule has 2 heterocycles. The second-order valence-electron chi connectivity index (χ2n) is 3.57. The number of carbonyl (C=O) groups is 1. The first-order valence-electron chi connectivity index (χ1n) is 5.60. The summed E-state index contributed by atoms with van der Waals surface area (Å²) in [5.41, 5.74) is 0.747. The van der Waals surface area contributed by atoms with Gasteiger partial charge < -0.3 is 10.1 Å². The standard InChI is InChI=1S/C11H13BrN4O2/c1-2-18-10(17)5-6-13-11-14-9-4-3-8(12)7-16(9)15-11/h3-4,7H,2,5-6H2,1H3,(H,13,15). The van der Waals surface area contributed by atoms with E-state index in [1.807, 2.05) is 18.3 Å². The van der Waals surface area contributed by atoms with Crippen molar-refractivity contribution in [3.8, 4) is 0 Å². The molecule has 2 aromatic rings. The fraction of sp³-hybridized carbons (Fsp3) is 0.364. The van der Waals surface area contributed by atoms with E-state index in [1.165, 1.54) is 0 Å². The van der Waals surface area contributed by atoms with Gasteiger partial charge in [-0.05, 0) is 35.0 Å². The maximum absolute atomic E-state index is 11.1. The number of hydrogen-bond donors (Lipinski definition) is 1. The van der Waals surface area contributed by atoms with E-state index in [-0.39, 0.29) is 5.97 Å². The molecule has 0 fully saturated rings. The first kappa shape index (κ1) is 12.8. The third kappa shape index (κ3) is 3.19. The lowest BCUT2D eigenvalue weighted by atomic mass is 10.4. The van der Waals surface area contributed by atoms with Crippen molar-refractivity contribution < 1.29 is 9.53 Å². The van der Waals surface area contributed by atoms with Crippen LogP contribution >= 0.6 is 15.9 Å². The van der Waals surface area contributed by atoms with E-state index in [4.69, 9.17) is 4.74 Å². The number of halogens is 1. The highest BCUT2D eigenvalue weighted by molar-refractivity contribution is 9.10. The van der Waals surface area contributed by atoms with Gasteiger partial charge >= 0.3 is 5.97 Å². The molecule has 18 heavy (non-hydrogen) atoms. The predicted molar refractivity (Wildman–Crippen MR) is 70.4 cm³/mol. The molecule has 1 N–H and O–H groups in total. The zero-order valence-corrected chi connectivity index (χ0v) is 11.5. The zero-order chi connectivity index (χ0) is 13.0. The Balaban J connectivity index is 1.94. The molecule has 96 valence electrons. The number of esters is 1. The number of carbonyl (C=O) groups excluding carboxylic acids is 1. The highest BCUT2D eigenvalue weighted by Crippen LogP contribution is 2.11. The molecular formula is C11H13BrN4O2. The predicted octanol–water partition coefficient (Wildman–Crippen LogP) is 1.86. The minimum Gasteiger partial charge on any atom is -0.466 e. The Labute approximate surface area is 112 Å². The van der Waals surface area contributed by atoms with Gasteiger partial charge in [0.25, 0.3) is 0 Å². The number of nitrogens with one attached hydrogen (secondary N) is 1. The third-order valence-corrected chi connectivity index (χ3v) is 2.68. The number of hydrogen-bond acceptors (Lipinski definition) is 5. The van der Waals surface area contributed by atoms with Gasteiger partial charge in [-0.25, -0.2) is 4.52 Å². The summed E-state index contributed by atoms with van der Waals surface area (Å²) in [6.07, 6.45) is 2.12. The van der Waals surface area contributed by atoms with Crippen molar-refractivity contribution >= 4 is 33.5 Å². The largest absolute Gasteiger partial charge is 0.466 e. The molecule has 0 bridgehead atoms. The molecule has 0 amide bonds. The Hall–Kier alpha value is -1.63. The van der Waals surface area contributed by atoms with Crippen molar-refractivity contribution in [2.24, 2.45) is 0 Å². The van der Waals surface area contributed by atoms with Gasteiger partial charge in [0.05, 0.1) is 13.0 Å². The van der Waals surface area contributed by atoms with Gasteiger partial charge in [0.1, 0.15) is 0 Å². The average Bonchev–Trinajstić information content (AvgIpc) is 2.71. The molecule has 0 atom stereocenters. The average molecular weight is 313 g/mol. The topological polar surface area (TPSA) is 68.5 Å². The van der Waals surface area contributed by atoms with Gasteiger partial charge in [0.2, 0.25) is 5.95 Å². The Morgan fingerprint density at radius 2 is 2.39 bits per heavy atom. The number of rotatable bonds is 5. The summed E-state index contributed by atoms with van der Waals surface area (Å²) in [7, 11) is 0. The van der Waals surface area contributed by atoms with Crippen LogP contribution in [0.25, 0.3) is 5.65 Å². The number of aromatic nitrogens is 3. The first-order chi connectivity index (χ1) is 8.69.